The van der Waals surface area contributed by atoms with E-state index >= 15 is 0 Å². The Bertz CT molecular complexity index is 825. The zero-order chi connectivity index (χ0) is 15.1. The van der Waals surface area contributed by atoms with Crippen LogP contribution < -0.4 is 4.90 Å². The number of fused-ring (bicyclic) bond motifs is 1. The van der Waals surface area contributed by atoms with Crippen LogP contribution in [0.2, 0.25) is 0 Å². The predicted octanol–water partition coefficient (Wildman–Crippen LogP) is 3.49. The van der Waals surface area contributed by atoms with E-state index in [0.29, 0.717) is 30.1 Å². The minimum absolute atomic E-state index is 0.0437. The van der Waals surface area contributed by atoms with Crippen molar-refractivity contribution in [3.05, 3.63) is 60.2 Å². The smallest absolute Gasteiger partial charge is 0.227 e. The summed E-state index contributed by atoms with van der Waals surface area (Å²) in [7, 11) is 0. The first-order valence-corrected chi connectivity index (χ1v) is 7.12. The van der Waals surface area contributed by atoms with E-state index in [2.05, 4.69) is 4.98 Å². The number of nitrogens with zero attached hydrogens (tertiary/aromatic N) is 2. The largest absolute Gasteiger partial charge is 0.440 e. The minimum Gasteiger partial charge on any atom is -0.440 e. The second-order valence-electron chi connectivity index (χ2n) is 5.41. The number of benzene rings is 2. The van der Waals surface area contributed by atoms with Crippen LogP contribution in [0.5, 0.6) is 0 Å². The first-order chi connectivity index (χ1) is 10.7. The van der Waals surface area contributed by atoms with E-state index < -0.39 is 0 Å². The summed E-state index contributed by atoms with van der Waals surface area (Å²) in [6, 6.07) is 13.6. The number of carbonyl (C=O) groups excluding carboxylic acids is 1. The highest BCUT2D eigenvalue weighted by atomic mass is 19.1. The molecule has 110 valence electrons. The highest BCUT2D eigenvalue weighted by molar-refractivity contribution is 5.96. The number of halogens is 1. The number of aromatic nitrogens is 1. The van der Waals surface area contributed by atoms with Gasteiger partial charge in [-0.25, -0.2) is 9.37 Å². The Labute approximate surface area is 126 Å². The molecule has 0 aliphatic carbocycles. The Morgan fingerprint density at radius 1 is 1.18 bits per heavy atom. The Morgan fingerprint density at radius 2 is 2.05 bits per heavy atom. The summed E-state index contributed by atoms with van der Waals surface area (Å²) in [4.78, 5) is 18.3. The molecule has 1 aliphatic rings. The van der Waals surface area contributed by atoms with Gasteiger partial charge in [-0.05, 0) is 30.3 Å². The first kappa shape index (κ1) is 13.0. The summed E-state index contributed by atoms with van der Waals surface area (Å²) in [6.07, 6.45) is 0.323. The van der Waals surface area contributed by atoms with Crippen LogP contribution >= 0.6 is 0 Å². The number of oxazole rings is 1. The summed E-state index contributed by atoms with van der Waals surface area (Å²) in [5.41, 5.74) is 2.08. The van der Waals surface area contributed by atoms with Crippen molar-refractivity contribution in [2.24, 2.45) is 0 Å². The van der Waals surface area contributed by atoms with Crippen molar-refractivity contribution in [3.63, 3.8) is 0 Å². The minimum atomic E-state index is -0.351. The molecule has 2 heterocycles. The van der Waals surface area contributed by atoms with Crippen LogP contribution in [-0.4, -0.2) is 17.4 Å². The third kappa shape index (κ3) is 2.15. The summed E-state index contributed by atoms with van der Waals surface area (Å²) in [5, 5.41) is 0. The maximum atomic E-state index is 13.3. The van der Waals surface area contributed by atoms with Gasteiger partial charge in [0.1, 0.15) is 11.3 Å². The van der Waals surface area contributed by atoms with Gasteiger partial charge in [-0.3, -0.25) is 4.79 Å². The maximum absolute atomic E-state index is 13.3. The van der Waals surface area contributed by atoms with E-state index in [4.69, 9.17) is 4.42 Å². The van der Waals surface area contributed by atoms with Gasteiger partial charge in [0.25, 0.3) is 0 Å². The molecule has 0 radical (unpaired) electrons. The molecule has 5 heteroatoms. The average molecular weight is 296 g/mol. The quantitative estimate of drug-likeness (QED) is 0.727. The normalized spacial score (nSPS) is 18.3. The molecular weight excluding hydrogens is 283 g/mol. The number of hydrogen-bond acceptors (Lipinski definition) is 3. The lowest BCUT2D eigenvalue weighted by atomic mass is 10.1. The second-order valence-corrected chi connectivity index (χ2v) is 5.41. The Hall–Kier alpha value is -2.69. The molecule has 1 aromatic heterocycles. The zero-order valence-corrected chi connectivity index (χ0v) is 11.7. The number of amides is 1. The van der Waals surface area contributed by atoms with E-state index in [0.717, 1.165) is 5.52 Å². The fourth-order valence-corrected chi connectivity index (χ4v) is 2.83. The molecule has 0 spiro atoms. The SMILES string of the molecule is O=C1C[C@@H](c2nc3ccccc3o2)CN1c1cccc(F)c1. The van der Waals surface area contributed by atoms with Crippen molar-refractivity contribution in [1.82, 2.24) is 4.98 Å². The first-order valence-electron chi connectivity index (χ1n) is 7.12. The van der Waals surface area contributed by atoms with Gasteiger partial charge in [-0.15, -0.1) is 0 Å². The van der Waals surface area contributed by atoms with Crippen LogP contribution in [0.15, 0.2) is 52.9 Å². The van der Waals surface area contributed by atoms with E-state index in [-0.39, 0.29) is 17.6 Å². The van der Waals surface area contributed by atoms with Crippen molar-refractivity contribution in [2.45, 2.75) is 12.3 Å². The van der Waals surface area contributed by atoms with Gasteiger partial charge in [0, 0.05) is 18.7 Å². The third-order valence-corrected chi connectivity index (χ3v) is 3.90. The van der Waals surface area contributed by atoms with Crippen LogP contribution in [-0.2, 0) is 4.79 Å². The van der Waals surface area contributed by atoms with Gasteiger partial charge >= 0.3 is 0 Å². The maximum Gasteiger partial charge on any atom is 0.227 e. The lowest BCUT2D eigenvalue weighted by Gasteiger charge is -2.16. The van der Waals surface area contributed by atoms with Gasteiger partial charge < -0.3 is 9.32 Å². The van der Waals surface area contributed by atoms with Gasteiger partial charge in [-0.1, -0.05) is 18.2 Å². The van der Waals surface area contributed by atoms with Crippen LogP contribution in [0.4, 0.5) is 10.1 Å². The molecular formula is C17H13FN2O2. The average Bonchev–Trinajstić information content (AvgIpc) is 3.10. The molecule has 4 rings (SSSR count). The molecule has 1 atom stereocenters. The molecule has 1 aliphatic heterocycles. The summed E-state index contributed by atoms with van der Waals surface area (Å²) in [5.74, 6) is 0.0603. The van der Waals surface area contributed by atoms with Crippen LogP contribution in [0.3, 0.4) is 0 Å². The molecule has 1 amide bonds. The monoisotopic (exact) mass is 296 g/mol. The Balaban J connectivity index is 1.64. The molecule has 0 saturated carbocycles. The van der Waals surface area contributed by atoms with Gasteiger partial charge in [-0.2, -0.15) is 0 Å². The second kappa shape index (κ2) is 4.94. The molecule has 2 aromatic carbocycles. The van der Waals surface area contributed by atoms with Crippen LogP contribution in [0, 0.1) is 5.82 Å². The molecule has 1 fully saturated rings. The van der Waals surface area contributed by atoms with Crippen molar-refractivity contribution in [2.75, 3.05) is 11.4 Å². The third-order valence-electron chi connectivity index (χ3n) is 3.90. The van der Waals surface area contributed by atoms with Gasteiger partial charge in [0.2, 0.25) is 11.8 Å². The van der Waals surface area contributed by atoms with E-state index in [1.54, 1.807) is 17.0 Å². The summed E-state index contributed by atoms with van der Waals surface area (Å²) in [6.45, 7) is 0.453. The molecule has 0 bridgehead atoms. The van der Waals surface area contributed by atoms with Crippen molar-refractivity contribution in [3.8, 4) is 0 Å². The predicted molar refractivity (Wildman–Crippen MR) is 80.1 cm³/mol. The highest BCUT2D eigenvalue weighted by Crippen LogP contribution is 2.33. The topological polar surface area (TPSA) is 46.3 Å². The zero-order valence-electron chi connectivity index (χ0n) is 11.7. The summed E-state index contributed by atoms with van der Waals surface area (Å²) < 4.78 is 19.1. The molecule has 0 unspecified atom stereocenters. The molecule has 0 N–H and O–H groups in total. The van der Waals surface area contributed by atoms with Crippen molar-refractivity contribution >= 4 is 22.7 Å². The molecule has 4 nitrogen and oxygen atoms in total. The number of rotatable bonds is 2. The number of para-hydroxylation sites is 2. The number of carbonyl (C=O) groups is 1. The van der Waals surface area contributed by atoms with Gasteiger partial charge in [0.15, 0.2) is 5.58 Å². The Kier molecular flexibility index (Phi) is 2.92. The standard InChI is InChI=1S/C17H13FN2O2/c18-12-4-3-5-13(9-12)20-10-11(8-16(20)21)17-19-14-6-1-2-7-15(14)22-17/h1-7,9,11H,8,10H2/t11-/m1/s1. The number of anilines is 1. The number of hydrogen-bond donors (Lipinski definition) is 0. The van der Waals surface area contributed by atoms with E-state index in [9.17, 15) is 9.18 Å². The lowest BCUT2D eigenvalue weighted by Crippen LogP contribution is -2.24. The fraction of sp³-hybridized carbons (Fsp3) is 0.176. The van der Waals surface area contributed by atoms with Crippen LogP contribution in [0.1, 0.15) is 18.2 Å². The van der Waals surface area contributed by atoms with E-state index in [1.165, 1.54) is 12.1 Å². The molecule has 22 heavy (non-hydrogen) atoms. The van der Waals surface area contributed by atoms with Gasteiger partial charge in [0.05, 0.1) is 5.92 Å². The fourth-order valence-electron chi connectivity index (χ4n) is 2.83. The lowest BCUT2D eigenvalue weighted by molar-refractivity contribution is -0.117. The Morgan fingerprint density at radius 3 is 2.86 bits per heavy atom. The molecule has 1 saturated heterocycles. The van der Waals surface area contributed by atoms with Crippen LogP contribution in [0.25, 0.3) is 11.1 Å². The van der Waals surface area contributed by atoms with Crippen molar-refractivity contribution in [1.29, 1.82) is 0 Å². The highest BCUT2D eigenvalue weighted by Gasteiger charge is 2.34. The molecule has 3 aromatic rings. The van der Waals surface area contributed by atoms with Crippen molar-refractivity contribution < 1.29 is 13.6 Å². The summed E-state index contributed by atoms with van der Waals surface area (Å²) >= 11 is 0. The van der Waals surface area contributed by atoms with E-state index in [1.807, 2.05) is 24.3 Å².